The van der Waals surface area contributed by atoms with Gasteiger partial charge in [-0.05, 0) is 64.2 Å². The van der Waals surface area contributed by atoms with Crippen LogP contribution in [0.15, 0.2) is 28.0 Å². The normalized spacial score (nSPS) is 13.0. The minimum atomic E-state index is -0.181. The zero-order chi connectivity index (χ0) is 21.7. The second kappa shape index (κ2) is 10.3. The molecular weight excluding hydrogens is 396 g/mol. The number of aromatic nitrogens is 2. The molecule has 0 saturated carbocycles. The number of nitrogens with one attached hydrogen (secondary N) is 2. The standard InChI is InChI=1S/C23H32N4O2S/c1-5-26(6-2)12-13-27-20-9-7-8-18(20)22(25-23(27)29)30-15-21(28)24-19-14-16(3)10-11-17(19)4/h10-11,14H,5-9,12-13,15H2,1-4H3,(H,24,28)/p+1. The molecule has 0 aliphatic heterocycles. The van der Waals surface area contributed by atoms with E-state index in [1.807, 2.05) is 36.6 Å². The van der Waals surface area contributed by atoms with Crippen molar-refractivity contribution in [2.75, 3.05) is 30.7 Å². The van der Waals surface area contributed by atoms with Gasteiger partial charge < -0.3 is 10.2 Å². The number of hydrogen-bond acceptors (Lipinski definition) is 4. The van der Waals surface area contributed by atoms with E-state index in [1.54, 1.807) is 0 Å². The fourth-order valence-corrected chi connectivity index (χ4v) is 4.88. The third-order valence-electron chi connectivity index (χ3n) is 5.90. The summed E-state index contributed by atoms with van der Waals surface area (Å²) in [7, 11) is 0. The Labute approximate surface area is 183 Å². The molecule has 1 amide bonds. The fourth-order valence-electron chi connectivity index (χ4n) is 4.00. The average molecular weight is 430 g/mol. The number of nitrogens with zero attached hydrogens (tertiary/aromatic N) is 2. The molecular formula is C23H33N4O2S+. The van der Waals surface area contributed by atoms with Crippen molar-refractivity contribution in [3.05, 3.63) is 51.1 Å². The molecule has 0 atom stereocenters. The van der Waals surface area contributed by atoms with Crippen LogP contribution in [-0.2, 0) is 24.2 Å². The van der Waals surface area contributed by atoms with E-state index in [2.05, 4.69) is 24.1 Å². The first-order valence-electron chi connectivity index (χ1n) is 10.9. The van der Waals surface area contributed by atoms with Gasteiger partial charge in [0.1, 0.15) is 5.03 Å². The second-order valence-electron chi connectivity index (χ2n) is 7.99. The summed E-state index contributed by atoms with van der Waals surface area (Å²) in [4.78, 5) is 31.1. The molecule has 1 aromatic heterocycles. The van der Waals surface area contributed by atoms with Crippen LogP contribution in [0.1, 0.15) is 42.7 Å². The van der Waals surface area contributed by atoms with Crippen LogP contribution >= 0.6 is 11.8 Å². The molecule has 0 spiro atoms. The van der Waals surface area contributed by atoms with Crippen LogP contribution < -0.4 is 15.9 Å². The Morgan fingerprint density at radius 1 is 1.23 bits per heavy atom. The lowest BCUT2D eigenvalue weighted by Gasteiger charge is -2.18. The van der Waals surface area contributed by atoms with Crippen molar-refractivity contribution < 1.29 is 9.69 Å². The summed E-state index contributed by atoms with van der Waals surface area (Å²) in [6.07, 6.45) is 2.89. The van der Waals surface area contributed by atoms with Crippen molar-refractivity contribution in [2.45, 2.75) is 58.5 Å². The van der Waals surface area contributed by atoms with E-state index in [4.69, 9.17) is 0 Å². The van der Waals surface area contributed by atoms with Gasteiger partial charge in [0.05, 0.1) is 31.9 Å². The Morgan fingerprint density at radius 2 is 2.00 bits per heavy atom. The van der Waals surface area contributed by atoms with Gasteiger partial charge >= 0.3 is 5.69 Å². The summed E-state index contributed by atoms with van der Waals surface area (Å²) in [5, 5.41) is 3.72. The van der Waals surface area contributed by atoms with Crippen molar-refractivity contribution >= 4 is 23.4 Å². The van der Waals surface area contributed by atoms with E-state index >= 15 is 0 Å². The minimum Gasteiger partial charge on any atom is -0.334 e. The number of thioether (sulfide) groups is 1. The molecule has 30 heavy (non-hydrogen) atoms. The number of quaternary nitrogens is 1. The Bertz CT molecular complexity index is 966. The van der Waals surface area contributed by atoms with Gasteiger partial charge in [0.2, 0.25) is 5.91 Å². The van der Waals surface area contributed by atoms with Gasteiger partial charge in [0.25, 0.3) is 0 Å². The molecule has 0 saturated heterocycles. The van der Waals surface area contributed by atoms with Crippen LogP contribution in [0.5, 0.6) is 0 Å². The molecule has 7 heteroatoms. The number of rotatable bonds is 9. The first-order chi connectivity index (χ1) is 14.4. The number of fused-ring (bicyclic) bond motifs is 1. The number of benzene rings is 1. The number of aryl methyl sites for hydroxylation is 2. The first-order valence-corrected chi connectivity index (χ1v) is 11.9. The van der Waals surface area contributed by atoms with Gasteiger partial charge in [-0.15, -0.1) is 0 Å². The van der Waals surface area contributed by atoms with E-state index in [0.29, 0.717) is 6.54 Å². The molecule has 0 bridgehead atoms. The predicted octanol–water partition coefficient (Wildman–Crippen LogP) is 2.00. The van der Waals surface area contributed by atoms with Crippen molar-refractivity contribution in [3.8, 4) is 0 Å². The molecule has 1 aliphatic rings. The number of carbonyl (C=O) groups is 1. The maximum absolute atomic E-state index is 12.7. The summed E-state index contributed by atoms with van der Waals surface area (Å²) < 4.78 is 1.87. The van der Waals surface area contributed by atoms with Gasteiger partial charge in [-0.3, -0.25) is 9.36 Å². The largest absolute Gasteiger partial charge is 0.349 e. The Hall–Kier alpha value is -2.12. The highest BCUT2D eigenvalue weighted by Crippen LogP contribution is 2.29. The summed E-state index contributed by atoms with van der Waals surface area (Å²) in [6, 6.07) is 6.02. The maximum atomic E-state index is 12.7. The van der Waals surface area contributed by atoms with Crippen molar-refractivity contribution in [3.63, 3.8) is 0 Å². The van der Waals surface area contributed by atoms with E-state index in [-0.39, 0.29) is 17.3 Å². The van der Waals surface area contributed by atoms with E-state index in [9.17, 15) is 9.59 Å². The summed E-state index contributed by atoms with van der Waals surface area (Å²) in [5.74, 6) is 0.177. The van der Waals surface area contributed by atoms with Crippen LogP contribution in [0.25, 0.3) is 0 Å². The zero-order valence-electron chi connectivity index (χ0n) is 18.5. The highest BCUT2D eigenvalue weighted by Gasteiger charge is 2.23. The van der Waals surface area contributed by atoms with Crippen LogP contribution in [0, 0.1) is 13.8 Å². The first kappa shape index (κ1) is 22.6. The minimum absolute atomic E-state index is 0.0726. The Morgan fingerprint density at radius 3 is 2.73 bits per heavy atom. The van der Waals surface area contributed by atoms with Crippen molar-refractivity contribution in [2.24, 2.45) is 0 Å². The lowest BCUT2D eigenvalue weighted by atomic mass is 10.1. The van der Waals surface area contributed by atoms with Crippen LogP contribution in [-0.4, -0.2) is 40.8 Å². The zero-order valence-corrected chi connectivity index (χ0v) is 19.3. The number of amides is 1. The summed E-state index contributed by atoms with van der Waals surface area (Å²) in [6.45, 7) is 12.1. The molecule has 1 aliphatic carbocycles. The van der Waals surface area contributed by atoms with E-state index < -0.39 is 0 Å². The highest BCUT2D eigenvalue weighted by atomic mass is 32.2. The highest BCUT2D eigenvalue weighted by molar-refractivity contribution is 8.00. The van der Waals surface area contributed by atoms with Gasteiger partial charge in [0, 0.05) is 16.9 Å². The third-order valence-corrected chi connectivity index (χ3v) is 6.91. The average Bonchev–Trinajstić information content (AvgIpc) is 3.21. The van der Waals surface area contributed by atoms with Gasteiger partial charge in [0.15, 0.2) is 0 Å². The van der Waals surface area contributed by atoms with Gasteiger partial charge in [-0.2, -0.15) is 4.98 Å². The van der Waals surface area contributed by atoms with Gasteiger partial charge in [-0.25, -0.2) is 4.79 Å². The van der Waals surface area contributed by atoms with E-state index in [1.165, 1.54) is 16.7 Å². The molecule has 0 radical (unpaired) electrons. The quantitative estimate of drug-likeness (QED) is 0.473. The summed E-state index contributed by atoms with van der Waals surface area (Å²) in [5.41, 5.74) is 5.09. The van der Waals surface area contributed by atoms with Gasteiger partial charge in [-0.1, -0.05) is 23.9 Å². The van der Waals surface area contributed by atoms with Crippen molar-refractivity contribution in [1.82, 2.24) is 9.55 Å². The molecule has 2 aromatic rings. The molecule has 3 rings (SSSR count). The molecule has 1 aromatic carbocycles. The topological polar surface area (TPSA) is 68.4 Å². The predicted molar refractivity (Wildman–Crippen MR) is 123 cm³/mol. The monoisotopic (exact) mass is 429 g/mol. The fraction of sp³-hybridized carbons (Fsp3) is 0.522. The van der Waals surface area contributed by atoms with Crippen LogP contribution in [0.4, 0.5) is 5.69 Å². The SMILES string of the molecule is CC[NH+](CC)CCn1c2c(c(SCC(=O)Nc3cc(C)ccc3C)nc1=O)CCC2. The lowest BCUT2D eigenvalue weighted by molar-refractivity contribution is -0.897. The molecule has 1 heterocycles. The molecule has 0 unspecified atom stereocenters. The maximum Gasteiger partial charge on any atom is 0.349 e. The van der Waals surface area contributed by atoms with E-state index in [0.717, 1.165) is 72.0 Å². The van der Waals surface area contributed by atoms with Crippen LogP contribution in [0.3, 0.4) is 0 Å². The number of likely N-dealkylation sites (N-methyl/N-ethyl adjacent to an activating group) is 1. The molecule has 2 N–H and O–H groups in total. The Kier molecular flexibility index (Phi) is 7.72. The molecule has 0 fully saturated rings. The second-order valence-corrected chi connectivity index (χ2v) is 8.96. The van der Waals surface area contributed by atoms with Crippen molar-refractivity contribution in [1.29, 1.82) is 0 Å². The smallest absolute Gasteiger partial charge is 0.334 e. The number of carbonyl (C=O) groups excluding carboxylic acids is 1. The number of hydrogen-bond donors (Lipinski definition) is 2. The summed E-state index contributed by atoms with van der Waals surface area (Å²) >= 11 is 1.38. The lowest BCUT2D eigenvalue weighted by Crippen LogP contribution is -3.11. The molecule has 162 valence electrons. The molecule has 6 nitrogen and oxygen atoms in total. The van der Waals surface area contributed by atoms with Crippen LogP contribution in [0.2, 0.25) is 0 Å². The number of anilines is 1. The third kappa shape index (κ3) is 5.32. The Balaban J connectivity index is 1.70.